The van der Waals surface area contributed by atoms with E-state index in [1.807, 2.05) is 0 Å². The number of hydrogen-bond acceptors (Lipinski definition) is 5. The van der Waals surface area contributed by atoms with Gasteiger partial charge in [-0.3, -0.25) is 4.79 Å². The van der Waals surface area contributed by atoms with Crippen molar-refractivity contribution < 1.29 is 28.9 Å². The molecule has 1 aromatic rings. The lowest BCUT2D eigenvalue weighted by molar-refractivity contribution is -0.122. The molecule has 0 saturated carbocycles. The maximum atomic E-state index is 11.2. The molecule has 6 nitrogen and oxygen atoms in total. The van der Waals surface area contributed by atoms with Gasteiger partial charge in [0, 0.05) is 6.07 Å². The monoisotopic (exact) mass is 268 g/mol. The van der Waals surface area contributed by atoms with Crippen molar-refractivity contribution in [1.82, 2.24) is 0 Å². The summed E-state index contributed by atoms with van der Waals surface area (Å²) in [6, 6.07) is 2.81. The molecule has 0 aliphatic heterocycles. The molecule has 0 aliphatic carbocycles. The van der Waals surface area contributed by atoms with Gasteiger partial charge in [0.25, 0.3) is 0 Å². The van der Waals surface area contributed by atoms with E-state index < -0.39 is 12.1 Å². The summed E-state index contributed by atoms with van der Waals surface area (Å²) < 4.78 is 15.4. The Hall–Kier alpha value is -2.24. The van der Waals surface area contributed by atoms with Gasteiger partial charge in [-0.05, 0) is 19.9 Å². The molecule has 6 heteroatoms. The Bertz CT molecular complexity index is 494. The number of ketones is 1. The highest BCUT2D eigenvalue weighted by atomic mass is 16.5. The van der Waals surface area contributed by atoms with Gasteiger partial charge in [0.2, 0.25) is 0 Å². The SMILES string of the molecule is COc1cc(OC)c(OC(C)C(C)=O)c(C(=O)O)c1. The molecule has 0 spiro atoms. The topological polar surface area (TPSA) is 82.1 Å². The van der Waals surface area contributed by atoms with E-state index in [1.54, 1.807) is 0 Å². The van der Waals surface area contributed by atoms with Gasteiger partial charge in [0.15, 0.2) is 23.4 Å². The number of carboxylic acid groups (broad SMARTS) is 1. The minimum absolute atomic E-state index is 0.0125. The van der Waals surface area contributed by atoms with Crippen LogP contribution in [0.2, 0.25) is 0 Å². The Balaban J connectivity index is 3.33. The fourth-order valence-electron chi connectivity index (χ4n) is 1.39. The lowest BCUT2D eigenvalue weighted by Crippen LogP contribution is -2.22. The van der Waals surface area contributed by atoms with E-state index in [1.165, 1.54) is 40.2 Å². The number of carboxylic acids is 1. The smallest absolute Gasteiger partial charge is 0.339 e. The number of rotatable bonds is 6. The molecule has 0 aromatic heterocycles. The van der Waals surface area contributed by atoms with Gasteiger partial charge in [-0.25, -0.2) is 4.79 Å². The number of carbonyl (C=O) groups is 2. The first-order valence-corrected chi connectivity index (χ1v) is 5.57. The number of benzene rings is 1. The normalized spacial score (nSPS) is 11.6. The summed E-state index contributed by atoms with van der Waals surface area (Å²) in [7, 11) is 2.80. The minimum atomic E-state index is -1.19. The van der Waals surface area contributed by atoms with Crippen LogP contribution >= 0.6 is 0 Å². The van der Waals surface area contributed by atoms with Gasteiger partial charge in [-0.1, -0.05) is 0 Å². The predicted molar refractivity (Wildman–Crippen MR) is 67.3 cm³/mol. The van der Waals surface area contributed by atoms with E-state index in [0.717, 1.165) is 0 Å². The quantitative estimate of drug-likeness (QED) is 0.846. The zero-order valence-corrected chi connectivity index (χ0v) is 11.2. The van der Waals surface area contributed by atoms with E-state index in [4.69, 9.17) is 14.2 Å². The highest BCUT2D eigenvalue weighted by Gasteiger charge is 2.22. The molecule has 1 aromatic carbocycles. The Morgan fingerprint density at radius 2 is 1.84 bits per heavy atom. The molecule has 0 fully saturated rings. The van der Waals surface area contributed by atoms with Gasteiger partial charge in [-0.2, -0.15) is 0 Å². The van der Waals surface area contributed by atoms with Crippen LogP contribution in [0.4, 0.5) is 0 Å². The van der Waals surface area contributed by atoms with Crippen molar-refractivity contribution >= 4 is 11.8 Å². The number of aromatic carboxylic acids is 1. The third kappa shape index (κ3) is 3.37. The Kier molecular flexibility index (Phi) is 4.74. The van der Waals surface area contributed by atoms with Crippen LogP contribution in [0.3, 0.4) is 0 Å². The number of hydrogen-bond donors (Lipinski definition) is 1. The summed E-state index contributed by atoms with van der Waals surface area (Å²) in [5.74, 6) is -0.863. The lowest BCUT2D eigenvalue weighted by Gasteiger charge is -2.17. The maximum Gasteiger partial charge on any atom is 0.339 e. The van der Waals surface area contributed by atoms with Crippen molar-refractivity contribution in [2.75, 3.05) is 14.2 Å². The van der Waals surface area contributed by atoms with Crippen LogP contribution < -0.4 is 14.2 Å². The molecular formula is C13H16O6. The molecule has 1 rings (SSSR count). The fraction of sp³-hybridized carbons (Fsp3) is 0.385. The summed E-state index contributed by atoms with van der Waals surface area (Å²) in [5.41, 5.74) is -0.121. The Morgan fingerprint density at radius 1 is 1.21 bits per heavy atom. The first kappa shape index (κ1) is 14.8. The molecule has 1 unspecified atom stereocenters. The van der Waals surface area contributed by atoms with Crippen molar-refractivity contribution in [3.05, 3.63) is 17.7 Å². The maximum absolute atomic E-state index is 11.2. The number of carbonyl (C=O) groups excluding carboxylic acids is 1. The minimum Gasteiger partial charge on any atom is -0.497 e. The van der Waals surface area contributed by atoms with E-state index in [2.05, 4.69) is 0 Å². The van der Waals surface area contributed by atoms with Crippen LogP contribution in [0, 0.1) is 0 Å². The molecule has 1 N–H and O–H groups in total. The molecule has 0 aliphatic rings. The van der Waals surface area contributed by atoms with Crippen LogP contribution in [0.1, 0.15) is 24.2 Å². The zero-order valence-electron chi connectivity index (χ0n) is 11.2. The molecule has 104 valence electrons. The first-order valence-electron chi connectivity index (χ1n) is 5.57. The van der Waals surface area contributed by atoms with Crippen LogP contribution in [0.15, 0.2) is 12.1 Å². The van der Waals surface area contributed by atoms with Gasteiger partial charge >= 0.3 is 5.97 Å². The summed E-state index contributed by atoms with van der Waals surface area (Å²) in [4.78, 5) is 22.4. The first-order chi connectivity index (χ1) is 8.90. The molecule has 0 bridgehead atoms. The largest absolute Gasteiger partial charge is 0.497 e. The Morgan fingerprint density at radius 3 is 2.26 bits per heavy atom. The average molecular weight is 268 g/mol. The van der Waals surface area contributed by atoms with Crippen molar-refractivity contribution in [3.63, 3.8) is 0 Å². The van der Waals surface area contributed by atoms with Gasteiger partial charge in [0.05, 0.1) is 14.2 Å². The summed E-state index contributed by atoms with van der Waals surface area (Å²) in [6.45, 7) is 2.90. The van der Waals surface area contributed by atoms with Crippen LogP contribution in [0.5, 0.6) is 17.2 Å². The molecular weight excluding hydrogens is 252 g/mol. The standard InChI is InChI=1S/C13H16O6/c1-7(14)8(2)19-12-10(13(15)16)5-9(17-3)6-11(12)18-4/h5-6,8H,1-4H3,(H,15,16). The van der Waals surface area contributed by atoms with Gasteiger partial charge in [0.1, 0.15) is 11.3 Å². The van der Waals surface area contributed by atoms with Crippen LogP contribution in [-0.2, 0) is 4.79 Å². The van der Waals surface area contributed by atoms with E-state index >= 15 is 0 Å². The summed E-state index contributed by atoms with van der Waals surface area (Å²) >= 11 is 0. The third-order valence-corrected chi connectivity index (χ3v) is 2.58. The van der Waals surface area contributed by atoms with Crippen LogP contribution in [-0.4, -0.2) is 37.2 Å². The second-order valence-corrected chi connectivity index (χ2v) is 3.88. The van der Waals surface area contributed by atoms with Crippen molar-refractivity contribution in [2.45, 2.75) is 20.0 Å². The highest BCUT2D eigenvalue weighted by Crippen LogP contribution is 2.36. The van der Waals surface area contributed by atoms with Crippen molar-refractivity contribution in [1.29, 1.82) is 0 Å². The molecule has 0 saturated heterocycles. The lowest BCUT2D eigenvalue weighted by atomic mass is 10.1. The highest BCUT2D eigenvalue weighted by molar-refractivity contribution is 5.93. The second-order valence-electron chi connectivity index (χ2n) is 3.88. The molecule has 0 amide bonds. The number of Topliss-reactive ketones (excluding diaryl/α,β-unsaturated/α-hetero) is 1. The van der Waals surface area contributed by atoms with Crippen molar-refractivity contribution in [3.8, 4) is 17.2 Å². The van der Waals surface area contributed by atoms with E-state index in [0.29, 0.717) is 5.75 Å². The fourth-order valence-corrected chi connectivity index (χ4v) is 1.39. The number of methoxy groups -OCH3 is 2. The van der Waals surface area contributed by atoms with Gasteiger partial charge in [-0.15, -0.1) is 0 Å². The van der Waals surface area contributed by atoms with Crippen LogP contribution in [0.25, 0.3) is 0 Å². The second kappa shape index (κ2) is 6.08. The van der Waals surface area contributed by atoms with E-state index in [9.17, 15) is 14.7 Å². The van der Waals surface area contributed by atoms with Crippen molar-refractivity contribution in [2.24, 2.45) is 0 Å². The Labute approximate surface area is 110 Å². The predicted octanol–water partition coefficient (Wildman–Crippen LogP) is 1.76. The average Bonchev–Trinajstić information content (AvgIpc) is 2.38. The van der Waals surface area contributed by atoms with Gasteiger partial charge < -0.3 is 19.3 Å². The zero-order chi connectivity index (χ0) is 14.6. The summed E-state index contributed by atoms with van der Waals surface area (Å²) in [6.07, 6.45) is -0.764. The molecule has 19 heavy (non-hydrogen) atoms. The molecule has 1 atom stereocenters. The molecule has 0 heterocycles. The third-order valence-electron chi connectivity index (χ3n) is 2.58. The molecule has 0 radical (unpaired) electrons. The van der Waals surface area contributed by atoms with E-state index in [-0.39, 0.29) is 22.8 Å². The summed E-state index contributed by atoms with van der Waals surface area (Å²) in [5, 5.41) is 9.18. The number of ether oxygens (including phenoxy) is 3.